The number of ether oxygens (including phenoxy) is 3. The minimum atomic E-state index is -0.665. The van der Waals surface area contributed by atoms with Gasteiger partial charge in [0.05, 0.1) is 51.3 Å². The van der Waals surface area contributed by atoms with E-state index in [2.05, 4.69) is 37.9 Å². The standard InChI is InChI=1S/C12H26O6S3/c13-9(6-19)1-16-4-12(18-3-11(15)8-21)5-17-2-10(14)7-20/h9-15,19-21H,1-8H2. The number of hydrogen-bond donors (Lipinski definition) is 6. The van der Waals surface area contributed by atoms with Crippen LogP contribution in [-0.4, -0.2) is 90.0 Å². The average molecular weight is 363 g/mol. The first-order valence-corrected chi connectivity index (χ1v) is 8.57. The van der Waals surface area contributed by atoms with Crippen molar-refractivity contribution in [2.45, 2.75) is 24.4 Å². The van der Waals surface area contributed by atoms with Crippen LogP contribution in [0.3, 0.4) is 0 Å². The lowest BCUT2D eigenvalue weighted by atomic mass is 10.3. The fourth-order valence-corrected chi connectivity index (χ4v) is 1.54. The van der Waals surface area contributed by atoms with E-state index in [1.54, 1.807) is 0 Å². The quantitative estimate of drug-likeness (QED) is 0.229. The van der Waals surface area contributed by atoms with Crippen LogP contribution >= 0.6 is 37.9 Å². The molecule has 128 valence electrons. The van der Waals surface area contributed by atoms with Crippen molar-refractivity contribution in [3.05, 3.63) is 0 Å². The van der Waals surface area contributed by atoms with E-state index in [0.29, 0.717) is 17.3 Å². The molecule has 0 bridgehead atoms. The van der Waals surface area contributed by atoms with Crippen molar-refractivity contribution in [1.82, 2.24) is 0 Å². The lowest BCUT2D eigenvalue weighted by molar-refractivity contribution is -0.0916. The number of rotatable bonds is 14. The summed E-state index contributed by atoms with van der Waals surface area (Å²) in [5.74, 6) is 0.925. The summed E-state index contributed by atoms with van der Waals surface area (Å²) in [6.45, 7) is 0.836. The molecule has 6 nitrogen and oxygen atoms in total. The first kappa shape index (κ1) is 21.8. The number of aliphatic hydroxyl groups excluding tert-OH is 3. The van der Waals surface area contributed by atoms with Crippen molar-refractivity contribution < 1.29 is 29.5 Å². The summed E-state index contributed by atoms with van der Waals surface area (Å²) in [4.78, 5) is 0. The van der Waals surface area contributed by atoms with E-state index in [9.17, 15) is 15.3 Å². The Kier molecular flexibility index (Phi) is 15.0. The van der Waals surface area contributed by atoms with E-state index in [1.807, 2.05) is 0 Å². The number of hydrogen-bond acceptors (Lipinski definition) is 9. The van der Waals surface area contributed by atoms with Crippen LogP contribution in [0.25, 0.3) is 0 Å². The average Bonchev–Trinajstić information content (AvgIpc) is 2.50. The van der Waals surface area contributed by atoms with Crippen LogP contribution in [0.1, 0.15) is 0 Å². The van der Waals surface area contributed by atoms with Crippen LogP contribution in [-0.2, 0) is 14.2 Å². The van der Waals surface area contributed by atoms with Gasteiger partial charge < -0.3 is 29.5 Å². The van der Waals surface area contributed by atoms with Gasteiger partial charge in [0.25, 0.3) is 0 Å². The summed E-state index contributed by atoms with van der Waals surface area (Å²) in [6.07, 6.45) is -2.34. The van der Waals surface area contributed by atoms with Crippen LogP contribution in [0.15, 0.2) is 0 Å². The second kappa shape index (κ2) is 14.4. The lowest BCUT2D eigenvalue weighted by Crippen LogP contribution is -2.32. The zero-order chi connectivity index (χ0) is 16.1. The summed E-state index contributed by atoms with van der Waals surface area (Å²) < 4.78 is 16.1. The summed E-state index contributed by atoms with van der Waals surface area (Å²) in [5, 5.41) is 28.1. The van der Waals surface area contributed by atoms with Gasteiger partial charge in [-0.1, -0.05) is 0 Å². The molecule has 0 radical (unpaired) electrons. The topological polar surface area (TPSA) is 88.4 Å². The van der Waals surface area contributed by atoms with Crippen LogP contribution in [0.2, 0.25) is 0 Å². The van der Waals surface area contributed by atoms with Gasteiger partial charge in [-0.3, -0.25) is 0 Å². The maximum Gasteiger partial charge on any atom is 0.104 e. The highest BCUT2D eigenvalue weighted by atomic mass is 32.1. The highest BCUT2D eigenvalue weighted by Gasteiger charge is 2.14. The fraction of sp³-hybridized carbons (Fsp3) is 1.00. The van der Waals surface area contributed by atoms with Gasteiger partial charge in [-0.15, -0.1) is 0 Å². The largest absolute Gasteiger partial charge is 0.390 e. The minimum Gasteiger partial charge on any atom is -0.390 e. The molecule has 0 heterocycles. The second-order valence-corrected chi connectivity index (χ2v) is 5.63. The first-order valence-electron chi connectivity index (χ1n) is 6.67. The summed E-state index contributed by atoms with van der Waals surface area (Å²) in [7, 11) is 0. The van der Waals surface area contributed by atoms with Gasteiger partial charge in [-0.2, -0.15) is 37.9 Å². The Morgan fingerprint density at radius 2 is 1.00 bits per heavy atom. The molecule has 3 atom stereocenters. The predicted molar refractivity (Wildman–Crippen MR) is 91.0 cm³/mol. The predicted octanol–water partition coefficient (Wildman–Crippen LogP) is -0.723. The highest BCUT2D eigenvalue weighted by molar-refractivity contribution is 7.80. The Bertz CT molecular complexity index is 221. The second-order valence-electron chi connectivity index (χ2n) is 4.54. The third kappa shape index (κ3) is 13.0. The lowest BCUT2D eigenvalue weighted by Gasteiger charge is -2.21. The summed E-state index contributed by atoms with van der Waals surface area (Å²) >= 11 is 11.9. The van der Waals surface area contributed by atoms with Crippen molar-refractivity contribution in [1.29, 1.82) is 0 Å². The van der Waals surface area contributed by atoms with Gasteiger partial charge in [0.1, 0.15) is 6.10 Å². The normalized spacial score (nSPS) is 17.4. The van der Waals surface area contributed by atoms with Crippen molar-refractivity contribution in [2.75, 3.05) is 50.3 Å². The maximum absolute atomic E-state index is 9.43. The van der Waals surface area contributed by atoms with Gasteiger partial charge in [0, 0.05) is 17.3 Å². The molecular formula is C12H26O6S3. The molecule has 0 aliphatic heterocycles. The molecule has 21 heavy (non-hydrogen) atoms. The molecule has 0 rings (SSSR count). The third-order valence-electron chi connectivity index (χ3n) is 2.38. The number of aliphatic hydroxyl groups is 3. The number of thiol groups is 3. The molecule has 9 heteroatoms. The van der Waals surface area contributed by atoms with Gasteiger partial charge in [0.15, 0.2) is 0 Å². The van der Waals surface area contributed by atoms with Gasteiger partial charge in [-0.05, 0) is 0 Å². The SMILES string of the molecule is OC(CS)COCC(COCC(O)CS)OCC(O)CS. The Morgan fingerprint density at radius 3 is 1.38 bits per heavy atom. The molecule has 0 aromatic rings. The Hall–Kier alpha value is 0.810. The van der Waals surface area contributed by atoms with Crippen molar-refractivity contribution >= 4 is 37.9 Å². The molecule has 0 aliphatic carbocycles. The molecule has 0 aliphatic rings. The van der Waals surface area contributed by atoms with Crippen LogP contribution in [0.4, 0.5) is 0 Å². The van der Waals surface area contributed by atoms with Crippen molar-refractivity contribution in [3.63, 3.8) is 0 Å². The van der Waals surface area contributed by atoms with Crippen molar-refractivity contribution in [3.8, 4) is 0 Å². The Morgan fingerprint density at radius 1 is 0.619 bits per heavy atom. The molecule has 3 N–H and O–H groups in total. The molecule has 0 aromatic carbocycles. The molecule has 0 aromatic heterocycles. The molecule has 0 saturated carbocycles. The van der Waals surface area contributed by atoms with Gasteiger partial charge >= 0.3 is 0 Å². The Balaban J connectivity index is 4.01. The van der Waals surface area contributed by atoms with E-state index in [4.69, 9.17) is 14.2 Å². The maximum atomic E-state index is 9.43. The molecule has 0 spiro atoms. The van der Waals surface area contributed by atoms with Crippen molar-refractivity contribution in [2.24, 2.45) is 0 Å². The first-order chi connectivity index (χ1) is 10.0. The molecule has 0 saturated heterocycles. The van der Waals surface area contributed by atoms with E-state index in [1.165, 1.54) is 0 Å². The third-order valence-corrected chi connectivity index (χ3v) is 3.65. The minimum absolute atomic E-state index is 0.116. The van der Waals surface area contributed by atoms with Gasteiger partial charge in [-0.25, -0.2) is 0 Å². The monoisotopic (exact) mass is 362 g/mol. The van der Waals surface area contributed by atoms with Crippen LogP contribution < -0.4 is 0 Å². The van der Waals surface area contributed by atoms with E-state index in [-0.39, 0.29) is 33.0 Å². The zero-order valence-corrected chi connectivity index (χ0v) is 14.6. The van der Waals surface area contributed by atoms with Crippen LogP contribution in [0.5, 0.6) is 0 Å². The summed E-state index contributed by atoms with van der Waals surface area (Å²) in [5.41, 5.74) is 0. The van der Waals surface area contributed by atoms with E-state index in [0.717, 1.165) is 0 Å². The smallest absolute Gasteiger partial charge is 0.104 e. The molecule has 0 fully saturated rings. The zero-order valence-electron chi connectivity index (χ0n) is 11.9. The molecule has 3 unspecified atom stereocenters. The van der Waals surface area contributed by atoms with E-state index >= 15 is 0 Å². The Labute approximate surface area is 142 Å². The summed E-state index contributed by atoms with van der Waals surface area (Å²) in [6, 6.07) is 0. The molecule has 0 amide bonds. The fourth-order valence-electron chi connectivity index (χ4n) is 1.22. The van der Waals surface area contributed by atoms with E-state index < -0.39 is 24.4 Å². The molecular weight excluding hydrogens is 336 g/mol. The van der Waals surface area contributed by atoms with Gasteiger partial charge in [0.2, 0.25) is 0 Å². The van der Waals surface area contributed by atoms with Crippen LogP contribution in [0, 0.1) is 0 Å². The highest BCUT2D eigenvalue weighted by Crippen LogP contribution is 2.01.